The topological polar surface area (TPSA) is 41.5 Å². The SMILES string of the molecule is Cc1cc(C2=NSC(c3cc(Cl)c(Cl)c(Cl)c3)(C(F)(F)F)C2)ccc1C(=O)NC1CSC1. The predicted molar refractivity (Wildman–Crippen MR) is 128 cm³/mol. The summed E-state index contributed by atoms with van der Waals surface area (Å²) in [5, 5.41) is 2.85. The first-order valence-corrected chi connectivity index (χ1v) is 12.5. The molecule has 1 amide bonds. The van der Waals surface area contributed by atoms with Gasteiger partial charge in [0.25, 0.3) is 5.91 Å². The molecule has 2 aliphatic heterocycles. The van der Waals surface area contributed by atoms with E-state index in [2.05, 4.69) is 9.71 Å². The van der Waals surface area contributed by atoms with Gasteiger partial charge in [0.2, 0.25) is 0 Å². The number of nitrogens with one attached hydrogen (secondary N) is 1. The van der Waals surface area contributed by atoms with E-state index in [1.54, 1.807) is 36.9 Å². The number of hydrogen-bond donors (Lipinski definition) is 1. The molecule has 0 aliphatic carbocycles. The molecule has 3 nitrogen and oxygen atoms in total. The molecule has 32 heavy (non-hydrogen) atoms. The van der Waals surface area contributed by atoms with E-state index in [9.17, 15) is 18.0 Å². The van der Waals surface area contributed by atoms with Crippen LogP contribution in [0.25, 0.3) is 0 Å². The molecule has 2 aromatic carbocycles. The summed E-state index contributed by atoms with van der Waals surface area (Å²) in [6, 6.07) is 7.48. The molecule has 2 heterocycles. The second-order valence-corrected chi connectivity index (χ2v) is 11.0. The molecule has 1 atom stereocenters. The molecule has 0 bridgehead atoms. The highest BCUT2D eigenvalue weighted by atomic mass is 35.5. The molecule has 0 spiro atoms. The minimum atomic E-state index is -4.63. The van der Waals surface area contributed by atoms with E-state index in [4.69, 9.17) is 34.8 Å². The highest BCUT2D eigenvalue weighted by Gasteiger charge is 2.60. The van der Waals surface area contributed by atoms with Crippen LogP contribution in [0.3, 0.4) is 0 Å². The van der Waals surface area contributed by atoms with Gasteiger partial charge < -0.3 is 5.32 Å². The third-order valence-corrected chi connectivity index (χ3v) is 9.12. The van der Waals surface area contributed by atoms with Crippen LogP contribution in [0.5, 0.6) is 0 Å². The fourth-order valence-corrected chi connectivity index (χ4v) is 5.73. The minimum Gasteiger partial charge on any atom is -0.348 e. The quantitative estimate of drug-likeness (QED) is 0.333. The van der Waals surface area contributed by atoms with E-state index in [1.807, 2.05) is 0 Å². The van der Waals surface area contributed by atoms with E-state index < -0.39 is 17.3 Å². The van der Waals surface area contributed by atoms with Crippen LogP contribution >= 0.6 is 58.5 Å². The van der Waals surface area contributed by atoms with Gasteiger partial charge in [0, 0.05) is 29.5 Å². The second-order valence-electron chi connectivity index (χ2n) is 7.62. The van der Waals surface area contributed by atoms with Gasteiger partial charge in [-0.25, -0.2) is 4.40 Å². The number of carbonyl (C=O) groups excluding carboxylic acids is 1. The normalized spacial score (nSPS) is 21.3. The van der Waals surface area contributed by atoms with Crippen molar-refractivity contribution in [3.05, 3.63) is 67.7 Å². The summed E-state index contributed by atoms with van der Waals surface area (Å²) in [7, 11) is 0. The molecule has 4 rings (SSSR count). The average molecular weight is 540 g/mol. The number of thioether (sulfide) groups is 1. The number of aryl methyl sites for hydroxylation is 1. The van der Waals surface area contributed by atoms with Gasteiger partial charge in [0.05, 0.1) is 20.8 Å². The Bertz CT molecular complexity index is 1100. The van der Waals surface area contributed by atoms with E-state index in [0.29, 0.717) is 28.6 Å². The zero-order chi connectivity index (χ0) is 23.3. The van der Waals surface area contributed by atoms with Gasteiger partial charge >= 0.3 is 6.18 Å². The highest BCUT2D eigenvalue weighted by molar-refractivity contribution is 8.00. The monoisotopic (exact) mass is 538 g/mol. The molecular weight excluding hydrogens is 524 g/mol. The first kappa shape index (κ1) is 24.1. The maximum absolute atomic E-state index is 14.3. The summed E-state index contributed by atoms with van der Waals surface area (Å²) >= 11 is 20.1. The Hall–Kier alpha value is -1.06. The van der Waals surface area contributed by atoms with Gasteiger partial charge in [-0.3, -0.25) is 4.79 Å². The van der Waals surface area contributed by atoms with Crippen molar-refractivity contribution < 1.29 is 18.0 Å². The Morgan fingerprint density at radius 2 is 1.81 bits per heavy atom. The van der Waals surface area contributed by atoms with Crippen molar-refractivity contribution in [1.82, 2.24) is 5.32 Å². The summed E-state index contributed by atoms with van der Waals surface area (Å²) in [4.78, 5) is 12.5. The lowest BCUT2D eigenvalue weighted by Gasteiger charge is -2.30. The van der Waals surface area contributed by atoms with Crippen molar-refractivity contribution in [2.75, 3.05) is 11.5 Å². The summed E-state index contributed by atoms with van der Waals surface area (Å²) in [6.07, 6.45) is -5.03. The van der Waals surface area contributed by atoms with Crippen LogP contribution in [0.2, 0.25) is 15.1 Å². The van der Waals surface area contributed by atoms with E-state index in [1.165, 1.54) is 12.1 Å². The molecule has 1 unspecified atom stereocenters. The first-order valence-electron chi connectivity index (χ1n) is 9.48. The molecule has 1 fully saturated rings. The number of amides is 1. The van der Waals surface area contributed by atoms with Crippen LogP contribution in [0.1, 0.15) is 33.5 Å². The number of rotatable bonds is 4. The molecule has 1 N–H and O–H groups in total. The standard InChI is InChI=1S/C21H16Cl3F3N2OS2/c1-10-4-11(2-3-14(10)19(30)28-13-8-31-9-13)17-7-20(32-29-17,21(25,26)27)12-5-15(22)18(24)16(23)6-12/h2-6,13H,7-9H2,1H3,(H,28,30). The van der Waals surface area contributed by atoms with Gasteiger partial charge in [-0.1, -0.05) is 40.9 Å². The smallest absolute Gasteiger partial charge is 0.348 e. The van der Waals surface area contributed by atoms with Crippen LogP contribution in [0.15, 0.2) is 34.7 Å². The number of nitrogens with zero attached hydrogens (tertiary/aromatic N) is 1. The molecule has 170 valence electrons. The molecule has 1 saturated heterocycles. The molecule has 0 radical (unpaired) electrons. The fraction of sp³-hybridized carbons (Fsp3) is 0.333. The molecular formula is C21H16Cl3F3N2OS2. The summed E-state index contributed by atoms with van der Waals surface area (Å²) in [5.74, 6) is 1.58. The lowest BCUT2D eigenvalue weighted by molar-refractivity contribution is -0.159. The van der Waals surface area contributed by atoms with Crippen molar-refractivity contribution >= 4 is 70.1 Å². The van der Waals surface area contributed by atoms with Crippen LogP contribution in [-0.4, -0.2) is 35.3 Å². The molecule has 0 saturated carbocycles. The molecule has 0 aromatic heterocycles. The molecule has 2 aromatic rings. The van der Waals surface area contributed by atoms with E-state index in [0.717, 1.165) is 11.5 Å². The average Bonchev–Trinajstić information content (AvgIpc) is 3.15. The van der Waals surface area contributed by atoms with Crippen molar-refractivity contribution in [1.29, 1.82) is 0 Å². The lowest BCUT2D eigenvalue weighted by Crippen LogP contribution is -2.44. The molecule has 2 aliphatic rings. The van der Waals surface area contributed by atoms with Gasteiger partial charge in [-0.2, -0.15) is 24.9 Å². The van der Waals surface area contributed by atoms with Crippen molar-refractivity contribution in [2.45, 2.75) is 30.3 Å². The Morgan fingerprint density at radius 1 is 1.16 bits per heavy atom. The van der Waals surface area contributed by atoms with Crippen molar-refractivity contribution in [2.24, 2.45) is 4.40 Å². The summed E-state index contributed by atoms with van der Waals surface area (Å²) in [5.41, 5.74) is 1.86. The van der Waals surface area contributed by atoms with Crippen molar-refractivity contribution in [3.8, 4) is 0 Å². The maximum Gasteiger partial charge on any atom is 0.409 e. The zero-order valence-corrected chi connectivity index (χ0v) is 20.4. The predicted octanol–water partition coefficient (Wildman–Crippen LogP) is 7.10. The number of carbonyl (C=O) groups is 1. The first-order chi connectivity index (χ1) is 15.0. The number of halogens is 6. The second kappa shape index (κ2) is 8.95. The van der Waals surface area contributed by atoms with Gasteiger partial charge in [-0.15, -0.1) is 0 Å². The van der Waals surface area contributed by atoms with Crippen LogP contribution in [0, 0.1) is 6.92 Å². The lowest BCUT2D eigenvalue weighted by atomic mass is 9.89. The number of hydrogen-bond acceptors (Lipinski definition) is 4. The summed E-state index contributed by atoms with van der Waals surface area (Å²) < 4.78 is 44.7. The Kier molecular flexibility index (Phi) is 6.73. The summed E-state index contributed by atoms with van der Waals surface area (Å²) in [6.45, 7) is 1.76. The van der Waals surface area contributed by atoms with Gasteiger partial charge in [-0.05, 0) is 59.8 Å². The van der Waals surface area contributed by atoms with Crippen LogP contribution in [-0.2, 0) is 4.75 Å². The van der Waals surface area contributed by atoms with E-state index >= 15 is 0 Å². The third-order valence-electron chi connectivity index (χ3n) is 5.41. The third kappa shape index (κ3) is 4.37. The largest absolute Gasteiger partial charge is 0.409 e. The highest BCUT2D eigenvalue weighted by Crippen LogP contribution is 2.57. The Labute approximate surface area is 206 Å². The van der Waals surface area contributed by atoms with E-state index in [-0.39, 0.29) is 38.3 Å². The maximum atomic E-state index is 14.3. The zero-order valence-electron chi connectivity index (χ0n) is 16.5. The van der Waals surface area contributed by atoms with Gasteiger partial charge in [0.15, 0.2) is 4.75 Å². The Balaban J connectivity index is 1.62. The van der Waals surface area contributed by atoms with Gasteiger partial charge in [0.1, 0.15) is 0 Å². The fourth-order valence-electron chi connectivity index (χ4n) is 3.53. The van der Waals surface area contributed by atoms with Crippen LogP contribution < -0.4 is 5.32 Å². The number of benzene rings is 2. The van der Waals surface area contributed by atoms with Crippen molar-refractivity contribution in [3.63, 3.8) is 0 Å². The Morgan fingerprint density at radius 3 is 2.34 bits per heavy atom. The van der Waals surface area contributed by atoms with Crippen LogP contribution in [0.4, 0.5) is 13.2 Å². The minimum absolute atomic E-state index is 0.00327. The molecule has 11 heteroatoms. The number of alkyl halides is 3.